The Morgan fingerprint density at radius 3 is 2.30 bits per heavy atom. The van der Waals surface area contributed by atoms with Crippen LogP contribution in [0.25, 0.3) is 0 Å². The predicted molar refractivity (Wildman–Crippen MR) is 158 cm³/mol. The standard InChI is InChI=1S/C30H36ClN3O5S/c1-5-6-18-32-30(36)23(3)33(20-24-10-8-7-9-11-24)29(35)21-34(25-14-17-28(39-4)27(31)19-25)40(37,38)26-15-12-22(2)13-16-26/h7-17,19,23H,5-6,18,20-21H2,1-4H3,(H,32,36). The van der Waals surface area contributed by atoms with Crippen LogP contribution in [0, 0.1) is 6.92 Å². The van der Waals surface area contributed by atoms with Gasteiger partial charge in [-0.2, -0.15) is 0 Å². The van der Waals surface area contributed by atoms with Crippen molar-refractivity contribution in [1.82, 2.24) is 10.2 Å². The highest BCUT2D eigenvalue weighted by Gasteiger charge is 2.32. The zero-order valence-corrected chi connectivity index (χ0v) is 24.8. The molecule has 8 nitrogen and oxygen atoms in total. The fourth-order valence-electron chi connectivity index (χ4n) is 4.08. The lowest BCUT2D eigenvalue weighted by molar-refractivity contribution is -0.139. The summed E-state index contributed by atoms with van der Waals surface area (Å²) in [5, 5.41) is 3.07. The predicted octanol–water partition coefficient (Wildman–Crippen LogP) is 5.19. The quantitative estimate of drug-likeness (QED) is 0.279. The molecule has 0 aliphatic rings. The fraction of sp³-hybridized carbons (Fsp3) is 0.333. The van der Waals surface area contributed by atoms with Gasteiger partial charge in [-0.3, -0.25) is 13.9 Å². The second-order valence-electron chi connectivity index (χ2n) is 9.47. The molecule has 0 aliphatic heterocycles. The molecule has 3 aromatic carbocycles. The zero-order valence-electron chi connectivity index (χ0n) is 23.3. The second kappa shape index (κ2) is 14.2. The molecule has 1 unspecified atom stereocenters. The van der Waals surface area contributed by atoms with E-state index in [4.69, 9.17) is 16.3 Å². The topological polar surface area (TPSA) is 96.0 Å². The lowest BCUT2D eigenvalue weighted by Crippen LogP contribution is -2.51. The number of ether oxygens (including phenoxy) is 1. The molecule has 0 aliphatic carbocycles. The minimum absolute atomic E-state index is 0.0257. The number of hydrogen-bond donors (Lipinski definition) is 1. The van der Waals surface area contributed by atoms with E-state index in [1.165, 1.54) is 36.3 Å². The first-order valence-corrected chi connectivity index (χ1v) is 14.9. The van der Waals surface area contributed by atoms with Crippen LogP contribution >= 0.6 is 11.6 Å². The number of hydrogen-bond acceptors (Lipinski definition) is 5. The van der Waals surface area contributed by atoms with Crippen LogP contribution in [0.15, 0.2) is 77.7 Å². The Kier molecular flexibility index (Phi) is 11.0. The van der Waals surface area contributed by atoms with Gasteiger partial charge in [0.05, 0.1) is 22.7 Å². The van der Waals surface area contributed by atoms with Gasteiger partial charge in [0, 0.05) is 13.1 Å². The number of halogens is 1. The summed E-state index contributed by atoms with van der Waals surface area (Å²) in [4.78, 5) is 28.4. The number of rotatable bonds is 13. The zero-order chi connectivity index (χ0) is 29.3. The second-order valence-corrected chi connectivity index (χ2v) is 11.7. The van der Waals surface area contributed by atoms with Crippen LogP contribution in [-0.2, 0) is 26.2 Å². The third kappa shape index (κ3) is 7.76. The van der Waals surface area contributed by atoms with Crippen molar-refractivity contribution in [2.45, 2.75) is 51.1 Å². The van der Waals surface area contributed by atoms with E-state index in [1.54, 1.807) is 25.1 Å². The van der Waals surface area contributed by atoms with E-state index < -0.39 is 28.5 Å². The summed E-state index contributed by atoms with van der Waals surface area (Å²) in [5.41, 5.74) is 1.90. The van der Waals surface area contributed by atoms with E-state index in [1.807, 2.05) is 44.2 Å². The highest BCUT2D eigenvalue weighted by atomic mass is 35.5. The Labute approximate surface area is 241 Å². The third-order valence-electron chi connectivity index (χ3n) is 6.50. The molecule has 2 amide bonds. The molecule has 0 heterocycles. The molecule has 0 radical (unpaired) electrons. The van der Waals surface area contributed by atoms with Crippen molar-refractivity contribution in [3.05, 3.63) is 88.9 Å². The van der Waals surface area contributed by atoms with Gasteiger partial charge in [-0.25, -0.2) is 8.42 Å². The van der Waals surface area contributed by atoms with Gasteiger partial charge in [0.2, 0.25) is 11.8 Å². The van der Waals surface area contributed by atoms with Crippen LogP contribution in [0.4, 0.5) is 5.69 Å². The number of unbranched alkanes of at least 4 members (excludes halogenated alkanes) is 1. The van der Waals surface area contributed by atoms with Crippen molar-refractivity contribution in [1.29, 1.82) is 0 Å². The summed E-state index contributed by atoms with van der Waals surface area (Å²) in [7, 11) is -2.73. The largest absolute Gasteiger partial charge is 0.495 e. The number of benzene rings is 3. The van der Waals surface area contributed by atoms with E-state index in [0.717, 1.165) is 28.3 Å². The van der Waals surface area contributed by atoms with Crippen LogP contribution in [0.1, 0.15) is 37.8 Å². The summed E-state index contributed by atoms with van der Waals surface area (Å²) >= 11 is 6.35. The van der Waals surface area contributed by atoms with Crippen LogP contribution in [-0.4, -0.2) is 51.4 Å². The van der Waals surface area contributed by atoms with Gasteiger partial charge in [-0.05, 0) is 56.2 Å². The van der Waals surface area contributed by atoms with E-state index in [0.29, 0.717) is 12.3 Å². The number of amides is 2. The van der Waals surface area contributed by atoms with Gasteiger partial charge in [-0.15, -0.1) is 0 Å². The molecule has 0 saturated heterocycles. The molecular formula is C30H36ClN3O5S. The van der Waals surface area contributed by atoms with Gasteiger partial charge in [0.25, 0.3) is 10.0 Å². The van der Waals surface area contributed by atoms with Crippen LogP contribution < -0.4 is 14.4 Å². The number of carbonyl (C=O) groups excluding carboxylic acids is 2. The number of sulfonamides is 1. The molecular weight excluding hydrogens is 550 g/mol. The highest BCUT2D eigenvalue weighted by molar-refractivity contribution is 7.92. The van der Waals surface area contributed by atoms with Crippen molar-refractivity contribution in [3.63, 3.8) is 0 Å². The fourth-order valence-corrected chi connectivity index (χ4v) is 5.73. The van der Waals surface area contributed by atoms with Crippen molar-refractivity contribution < 1.29 is 22.7 Å². The number of aryl methyl sites for hydroxylation is 1. The summed E-state index contributed by atoms with van der Waals surface area (Å²) < 4.78 is 34.1. The molecule has 0 spiro atoms. The summed E-state index contributed by atoms with van der Waals surface area (Å²) in [6.07, 6.45) is 1.73. The van der Waals surface area contributed by atoms with Crippen LogP contribution in [0.3, 0.4) is 0 Å². The lowest BCUT2D eigenvalue weighted by atomic mass is 10.1. The van der Waals surface area contributed by atoms with Gasteiger partial charge in [0.15, 0.2) is 0 Å². The monoisotopic (exact) mass is 585 g/mol. The number of nitrogens with one attached hydrogen (secondary N) is 1. The van der Waals surface area contributed by atoms with E-state index in [2.05, 4.69) is 5.32 Å². The minimum atomic E-state index is -4.19. The van der Waals surface area contributed by atoms with Crippen molar-refractivity contribution in [2.75, 3.05) is 24.5 Å². The molecule has 0 aromatic heterocycles. The Balaban J connectivity index is 2.02. The normalized spacial score (nSPS) is 11.9. The van der Waals surface area contributed by atoms with Gasteiger partial charge in [-0.1, -0.05) is 73.0 Å². The maximum absolute atomic E-state index is 13.9. The maximum atomic E-state index is 13.9. The average molecular weight is 586 g/mol. The Morgan fingerprint density at radius 2 is 1.70 bits per heavy atom. The Bertz CT molecular complexity index is 1400. The summed E-state index contributed by atoms with van der Waals surface area (Å²) in [6.45, 7) is 5.60. The Hall–Kier alpha value is -3.56. The van der Waals surface area contributed by atoms with E-state index >= 15 is 0 Å². The summed E-state index contributed by atoms with van der Waals surface area (Å²) in [5.74, 6) is -0.477. The first-order valence-electron chi connectivity index (χ1n) is 13.1. The molecule has 40 heavy (non-hydrogen) atoms. The molecule has 1 atom stereocenters. The smallest absolute Gasteiger partial charge is 0.264 e. The maximum Gasteiger partial charge on any atom is 0.264 e. The van der Waals surface area contributed by atoms with Gasteiger partial charge in [0.1, 0.15) is 18.3 Å². The lowest BCUT2D eigenvalue weighted by Gasteiger charge is -2.32. The number of carbonyl (C=O) groups is 2. The molecule has 3 rings (SSSR count). The summed E-state index contributed by atoms with van der Waals surface area (Å²) in [6, 6.07) is 19.3. The van der Waals surface area contributed by atoms with E-state index in [-0.39, 0.29) is 28.1 Å². The molecule has 214 valence electrons. The van der Waals surface area contributed by atoms with Gasteiger partial charge < -0.3 is 15.0 Å². The molecule has 1 N–H and O–H groups in total. The molecule has 10 heteroatoms. The SMILES string of the molecule is CCCCNC(=O)C(C)N(Cc1ccccc1)C(=O)CN(c1ccc(OC)c(Cl)c1)S(=O)(=O)c1ccc(C)cc1. The first-order chi connectivity index (χ1) is 19.1. The third-order valence-corrected chi connectivity index (χ3v) is 8.59. The number of methoxy groups -OCH3 is 1. The number of nitrogens with zero attached hydrogens (tertiary/aromatic N) is 2. The highest BCUT2D eigenvalue weighted by Crippen LogP contribution is 2.32. The van der Waals surface area contributed by atoms with E-state index in [9.17, 15) is 18.0 Å². The molecule has 0 fully saturated rings. The molecule has 0 saturated carbocycles. The number of anilines is 1. The van der Waals surface area contributed by atoms with Crippen molar-refractivity contribution in [2.24, 2.45) is 0 Å². The van der Waals surface area contributed by atoms with Crippen LogP contribution in [0.2, 0.25) is 5.02 Å². The van der Waals surface area contributed by atoms with Gasteiger partial charge >= 0.3 is 0 Å². The first kappa shape index (κ1) is 31.0. The molecule has 3 aromatic rings. The minimum Gasteiger partial charge on any atom is -0.495 e. The van der Waals surface area contributed by atoms with Crippen LogP contribution in [0.5, 0.6) is 5.75 Å². The van der Waals surface area contributed by atoms with Crippen molar-refractivity contribution >= 4 is 39.1 Å². The average Bonchev–Trinajstić information content (AvgIpc) is 2.94. The Morgan fingerprint density at radius 1 is 1.02 bits per heavy atom. The van der Waals surface area contributed by atoms with Crippen molar-refractivity contribution in [3.8, 4) is 5.75 Å². The molecule has 0 bridgehead atoms.